The Balaban J connectivity index is 3.00. The molecule has 114 valence electrons. The second-order valence-corrected chi connectivity index (χ2v) is 5.21. The first-order chi connectivity index (χ1) is 9.88. The molecule has 0 aliphatic carbocycles. The number of hydrogen-bond donors (Lipinski definition) is 3. The molecule has 1 amide bonds. The van der Waals surface area contributed by atoms with E-state index >= 15 is 0 Å². The zero-order valence-corrected chi connectivity index (χ0v) is 12.4. The van der Waals surface area contributed by atoms with Gasteiger partial charge in [0.15, 0.2) is 5.13 Å². The number of carbonyl (C=O) groups is 3. The average Bonchev–Trinajstić information content (AvgIpc) is 2.82. The number of aromatic carboxylic acids is 1. The van der Waals surface area contributed by atoms with Crippen LogP contribution < -0.4 is 5.32 Å². The van der Waals surface area contributed by atoms with Crippen LogP contribution in [0.25, 0.3) is 0 Å². The lowest BCUT2D eigenvalue weighted by Gasteiger charge is -2.09. The average molecular weight is 312 g/mol. The minimum Gasteiger partial charge on any atom is -0.478 e. The van der Waals surface area contributed by atoms with Gasteiger partial charge in [-0.05, 0) is 12.8 Å². The van der Waals surface area contributed by atoms with Gasteiger partial charge in [-0.2, -0.15) is 0 Å². The number of thiazole rings is 1. The molecule has 1 rings (SSSR count). The van der Waals surface area contributed by atoms with Crippen LogP contribution in [0.2, 0.25) is 0 Å². The fraction of sp³-hybridized carbons (Fsp3) is 0.385. The van der Waals surface area contributed by atoms with Gasteiger partial charge < -0.3 is 10.2 Å². The zero-order valence-electron chi connectivity index (χ0n) is 11.6. The minimum atomic E-state index is -1.24. The van der Waals surface area contributed by atoms with Crippen molar-refractivity contribution in [1.29, 1.82) is 0 Å². The first-order valence-electron chi connectivity index (χ1n) is 6.35. The highest BCUT2D eigenvalue weighted by Crippen LogP contribution is 2.32. The number of anilines is 1. The second kappa shape index (κ2) is 7.53. The number of carboxylic acids is 2. The quantitative estimate of drug-likeness (QED) is 0.665. The highest BCUT2D eigenvalue weighted by atomic mass is 32.1. The van der Waals surface area contributed by atoms with Crippen LogP contribution in [0.4, 0.5) is 5.13 Å². The lowest BCUT2D eigenvalue weighted by Crippen LogP contribution is -2.09. The van der Waals surface area contributed by atoms with Crippen LogP contribution >= 0.6 is 11.3 Å². The molecular weight excluding hydrogens is 296 g/mol. The van der Waals surface area contributed by atoms with Crippen molar-refractivity contribution in [2.45, 2.75) is 32.6 Å². The van der Waals surface area contributed by atoms with E-state index in [1.54, 1.807) is 0 Å². The number of carboxylic acid groups (broad SMARTS) is 2. The molecule has 0 aromatic carbocycles. The van der Waals surface area contributed by atoms with E-state index in [0.29, 0.717) is 11.8 Å². The van der Waals surface area contributed by atoms with Gasteiger partial charge in [0, 0.05) is 18.1 Å². The number of amides is 1. The molecule has 0 spiro atoms. The number of rotatable bonds is 7. The minimum absolute atomic E-state index is 0.00700. The first-order valence-corrected chi connectivity index (χ1v) is 7.16. The first kappa shape index (κ1) is 16.8. The molecule has 0 fully saturated rings. The van der Waals surface area contributed by atoms with Gasteiger partial charge in [-0.25, -0.2) is 14.6 Å². The highest BCUT2D eigenvalue weighted by Gasteiger charge is 2.23. The maximum absolute atomic E-state index is 11.5. The molecule has 3 N–H and O–H groups in total. The van der Waals surface area contributed by atoms with Crippen LogP contribution in [0.5, 0.6) is 0 Å². The summed E-state index contributed by atoms with van der Waals surface area (Å²) in [5.74, 6) is -2.99. The Kier molecular flexibility index (Phi) is 6.04. The van der Waals surface area contributed by atoms with Gasteiger partial charge >= 0.3 is 11.9 Å². The SMILES string of the molecule is CCC(CC)c1nc(NC(=O)/C=C/C(=O)O)sc1C(=O)O. The monoisotopic (exact) mass is 312 g/mol. The molecule has 8 heteroatoms. The van der Waals surface area contributed by atoms with Gasteiger partial charge in [-0.3, -0.25) is 10.1 Å². The Morgan fingerprint density at radius 1 is 1.24 bits per heavy atom. The lowest BCUT2D eigenvalue weighted by molar-refractivity contribution is -0.131. The van der Waals surface area contributed by atoms with Crippen molar-refractivity contribution in [2.75, 3.05) is 5.32 Å². The molecule has 0 bridgehead atoms. The van der Waals surface area contributed by atoms with Crippen molar-refractivity contribution in [3.8, 4) is 0 Å². The number of hydrogen-bond acceptors (Lipinski definition) is 5. The third kappa shape index (κ3) is 4.67. The Bertz CT molecular complexity index is 575. The second-order valence-electron chi connectivity index (χ2n) is 4.21. The van der Waals surface area contributed by atoms with E-state index in [4.69, 9.17) is 5.11 Å². The molecule has 0 aliphatic rings. The van der Waals surface area contributed by atoms with Crippen LogP contribution in [-0.2, 0) is 9.59 Å². The molecule has 0 atom stereocenters. The number of nitrogens with zero attached hydrogens (tertiary/aromatic N) is 1. The summed E-state index contributed by atoms with van der Waals surface area (Å²) in [6.07, 6.45) is 3.03. The molecule has 0 aliphatic heterocycles. The Morgan fingerprint density at radius 3 is 2.33 bits per heavy atom. The normalized spacial score (nSPS) is 11.0. The molecule has 0 saturated heterocycles. The van der Waals surface area contributed by atoms with E-state index in [0.717, 1.165) is 30.3 Å². The highest BCUT2D eigenvalue weighted by molar-refractivity contribution is 7.17. The number of carbonyl (C=O) groups excluding carboxylic acids is 1. The number of nitrogens with one attached hydrogen (secondary N) is 1. The van der Waals surface area contributed by atoms with E-state index < -0.39 is 17.8 Å². The lowest BCUT2D eigenvalue weighted by atomic mass is 9.98. The maximum Gasteiger partial charge on any atom is 0.347 e. The summed E-state index contributed by atoms with van der Waals surface area (Å²) in [5, 5.41) is 20.1. The summed E-state index contributed by atoms with van der Waals surface area (Å²) in [5.41, 5.74) is 0.454. The summed E-state index contributed by atoms with van der Waals surface area (Å²) >= 11 is 0.865. The molecule has 0 radical (unpaired) electrons. The Morgan fingerprint density at radius 2 is 1.86 bits per heavy atom. The van der Waals surface area contributed by atoms with Gasteiger partial charge in [0.1, 0.15) is 4.88 Å². The van der Waals surface area contributed by atoms with Crippen molar-refractivity contribution in [1.82, 2.24) is 4.98 Å². The topological polar surface area (TPSA) is 117 Å². The van der Waals surface area contributed by atoms with Crippen molar-refractivity contribution >= 4 is 34.3 Å². The summed E-state index contributed by atoms with van der Waals surface area (Å²) in [4.78, 5) is 37.3. The fourth-order valence-corrected chi connectivity index (χ4v) is 2.68. The van der Waals surface area contributed by atoms with Gasteiger partial charge in [0.05, 0.1) is 5.69 Å². The summed E-state index contributed by atoms with van der Waals surface area (Å²) in [6, 6.07) is 0. The van der Waals surface area contributed by atoms with Crippen LogP contribution in [0.1, 0.15) is 48.0 Å². The van der Waals surface area contributed by atoms with E-state index in [1.165, 1.54) is 0 Å². The standard InChI is InChI=1S/C13H16N2O5S/c1-3-7(4-2)10-11(12(19)20)21-13(15-10)14-8(16)5-6-9(17)18/h5-7H,3-4H2,1-2H3,(H,17,18)(H,19,20)(H,14,15,16)/b6-5+. The van der Waals surface area contributed by atoms with E-state index in [1.807, 2.05) is 13.8 Å². The van der Waals surface area contributed by atoms with Crippen molar-refractivity contribution in [3.05, 3.63) is 22.7 Å². The fourth-order valence-electron chi connectivity index (χ4n) is 1.78. The van der Waals surface area contributed by atoms with Crippen molar-refractivity contribution in [3.63, 3.8) is 0 Å². The van der Waals surface area contributed by atoms with Gasteiger partial charge in [-0.15, -0.1) is 0 Å². The van der Waals surface area contributed by atoms with Crippen molar-refractivity contribution < 1.29 is 24.6 Å². The largest absolute Gasteiger partial charge is 0.478 e. The van der Waals surface area contributed by atoms with E-state index in [9.17, 15) is 19.5 Å². The van der Waals surface area contributed by atoms with Gasteiger partial charge in [0.25, 0.3) is 0 Å². The van der Waals surface area contributed by atoms with Crippen LogP contribution in [-0.4, -0.2) is 33.0 Å². The van der Waals surface area contributed by atoms with Crippen LogP contribution in [0.3, 0.4) is 0 Å². The summed E-state index contributed by atoms with van der Waals surface area (Å²) in [7, 11) is 0. The zero-order chi connectivity index (χ0) is 16.0. The maximum atomic E-state index is 11.5. The predicted octanol–water partition coefficient (Wildman–Crippen LogP) is 2.32. The van der Waals surface area contributed by atoms with Crippen molar-refractivity contribution in [2.24, 2.45) is 0 Å². The third-order valence-corrected chi connectivity index (χ3v) is 3.80. The summed E-state index contributed by atoms with van der Waals surface area (Å²) in [6.45, 7) is 3.87. The van der Waals surface area contributed by atoms with E-state index in [2.05, 4.69) is 10.3 Å². The van der Waals surface area contributed by atoms with Crippen LogP contribution in [0.15, 0.2) is 12.2 Å². The van der Waals surface area contributed by atoms with Crippen LogP contribution in [0, 0.1) is 0 Å². The Hall–Kier alpha value is -2.22. The van der Waals surface area contributed by atoms with Gasteiger partial charge in [-0.1, -0.05) is 25.2 Å². The molecule has 1 aromatic rings. The van der Waals surface area contributed by atoms with Gasteiger partial charge in [0.2, 0.25) is 5.91 Å². The molecular formula is C13H16N2O5S. The number of aliphatic carboxylic acids is 1. The number of aromatic nitrogens is 1. The molecule has 1 heterocycles. The molecule has 0 saturated carbocycles. The Labute approximate surface area is 125 Å². The smallest absolute Gasteiger partial charge is 0.347 e. The molecule has 21 heavy (non-hydrogen) atoms. The predicted molar refractivity (Wildman–Crippen MR) is 77.8 cm³/mol. The molecule has 1 aromatic heterocycles. The third-order valence-electron chi connectivity index (χ3n) is 2.83. The summed E-state index contributed by atoms with van der Waals surface area (Å²) < 4.78 is 0. The molecule has 0 unspecified atom stereocenters. The molecule has 7 nitrogen and oxygen atoms in total. The van der Waals surface area contributed by atoms with E-state index in [-0.39, 0.29) is 15.9 Å².